The van der Waals surface area contributed by atoms with Crippen molar-refractivity contribution in [2.24, 2.45) is 5.10 Å². The first-order valence-corrected chi connectivity index (χ1v) is 5.67. The van der Waals surface area contributed by atoms with E-state index in [0.717, 1.165) is 0 Å². The van der Waals surface area contributed by atoms with Gasteiger partial charge in [0.1, 0.15) is 0 Å². The van der Waals surface area contributed by atoms with E-state index in [1.54, 1.807) is 38.1 Å². The van der Waals surface area contributed by atoms with Gasteiger partial charge in [0.05, 0.1) is 13.0 Å². The number of benzene rings is 1. The molecule has 0 heterocycles. The van der Waals surface area contributed by atoms with Crippen LogP contribution in [0.25, 0.3) is 0 Å². The number of rotatable bonds is 5. The Kier molecular flexibility index (Phi) is 5.57. The van der Waals surface area contributed by atoms with Crippen LogP contribution in [0.15, 0.2) is 35.4 Å². The molecule has 0 aliphatic carbocycles. The smallest absolute Gasteiger partial charge is 0.311 e. The van der Waals surface area contributed by atoms with Crippen LogP contribution < -0.4 is 5.43 Å². The van der Waals surface area contributed by atoms with Gasteiger partial charge >= 0.3 is 5.97 Å². The number of amides is 1. The van der Waals surface area contributed by atoms with Gasteiger partial charge in [0.25, 0.3) is 5.91 Å². The highest BCUT2D eigenvalue weighted by Gasteiger charge is 2.06. The van der Waals surface area contributed by atoms with Crippen molar-refractivity contribution in [3.05, 3.63) is 35.9 Å². The standard InChI is InChI=1S/C13H16N2O3/c1-3-18-12(16)9-10(2)14-15-13(17)11-7-5-4-6-8-11/h4-8H,3,9H2,1-2H3,(H,15,17)/b14-10+. The normalized spacial score (nSPS) is 10.9. The number of esters is 1. The van der Waals surface area contributed by atoms with E-state index in [1.807, 2.05) is 6.07 Å². The molecule has 18 heavy (non-hydrogen) atoms. The summed E-state index contributed by atoms with van der Waals surface area (Å²) >= 11 is 0. The minimum Gasteiger partial charge on any atom is -0.466 e. The van der Waals surface area contributed by atoms with E-state index in [9.17, 15) is 9.59 Å². The highest BCUT2D eigenvalue weighted by molar-refractivity contribution is 5.99. The maximum Gasteiger partial charge on any atom is 0.311 e. The fourth-order valence-electron chi connectivity index (χ4n) is 1.26. The maximum atomic E-state index is 11.6. The molecule has 0 atom stereocenters. The predicted octanol–water partition coefficient (Wildman–Crippen LogP) is 1.75. The SMILES string of the molecule is CCOC(=O)C/C(C)=N/NC(=O)c1ccccc1. The van der Waals surface area contributed by atoms with Crippen LogP contribution in [0.3, 0.4) is 0 Å². The lowest BCUT2D eigenvalue weighted by Gasteiger charge is -2.03. The molecule has 1 amide bonds. The van der Waals surface area contributed by atoms with E-state index >= 15 is 0 Å². The molecule has 0 unspecified atom stereocenters. The van der Waals surface area contributed by atoms with E-state index in [4.69, 9.17) is 4.74 Å². The second kappa shape index (κ2) is 7.21. The van der Waals surface area contributed by atoms with Gasteiger partial charge in [-0.25, -0.2) is 5.43 Å². The number of hydrogen-bond acceptors (Lipinski definition) is 4. The summed E-state index contributed by atoms with van der Waals surface area (Å²) in [6, 6.07) is 8.73. The summed E-state index contributed by atoms with van der Waals surface area (Å²) < 4.78 is 4.77. The molecule has 0 fully saturated rings. The van der Waals surface area contributed by atoms with Gasteiger partial charge in [-0.2, -0.15) is 5.10 Å². The summed E-state index contributed by atoms with van der Waals surface area (Å²) in [5, 5.41) is 3.84. The quantitative estimate of drug-likeness (QED) is 0.490. The van der Waals surface area contributed by atoms with Crippen LogP contribution in [-0.2, 0) is 9.53 Å². The molecule has 1 rings (SSSR count). The summed E-state index contributed by atoms with van der Waals surface area (Å²) in [6.45, 7) is 3.73. The van der Waals surface area contributed by atoms with E-state index in [1.165, 1.54) is 0 Å². The first-order chi connectivity index (χ1) is 8.63. The van der Waals surface area contributed by atoms with Gasteiger partial charge in [-0.15, -0.1) is 0 Å². The second-order valence-electron chi connectivity index (χ2n) is 3.64. The monoisotopic (exact) mass is 248 g/mol. The Morgan fingerprint density at radius 3 is 2.56 bits per heavy atom. The van der Waals surface area contributed by atoms with Crippen LogP contribution in [0.5, 0.6) is 0 Å². The fourth-order valence-corrected chi connectivity index (χ4v) is 1.26. The molecular weight excluding hydrogens is 232 g/mol. The Morgan fingerprint density at radius 1 is 1.28 bits per heavy atom. The third-order valence-corrected chi connectivity index (χ3v) is 2.09. The summed E-state index contributed by atoms with van der Waals surface area (Å²) in [5.74, 6) is -0.661. The van der Waals surface area contributed by atoms with Crippen LogP contribution >= 0.6 is 0 Å². The summed E-state index contributed by atoms with van der Waals surface area (Å²) in [7, 11) is 0. The van der Waals surface area contributed by atoms with Crippen LogP contribution in [-0.4, -0.2) is 24.2 Å². The maximum absolute atomic E-state index is 11.6. The van der Waals surface area contributed by atoms with Crippen LogP contribution in [0.4, 0.5) is 0 Å². The zero-order valence-electron chi connectivity index (χ0n) is 10.5. The Bertz CT molecular complexity index is 441. The van der Waals surface area contributed by atoms with Gasteiger partial charge in [-0.05, 0) is 26.0 Å². The first-order valence-electron chi connectivity index (χ1n) is 5.67. The van der Waals surface area contributed by atoms with Crippen molar-refractivity contribution in [1.29, 1.82) is 0 Å². The Morgan fingerprint density at radius 2 is 1.94 bits per heavy atom. The van der Waals surface area contributed by atoms with Gasteiger partial charge in [-0.1, -0.05) is 18.2 Å². The Hall–Kier alpha value is -2.17. The number of ether oxygens (including phenoxy) is 1. The molecule has 0 aromatic heterocycles. The summed E-state index contributed by atoms with van der Waals surface area (Å²) in [4.78, 5) is 22.8. The average Bonchev–Trinajstić information content (AvgIpc) is 2.37. The van der Waals surface area contributed by atoms with E-state index < -0.39 is 0 Å². The van der Waals surface area contributed by atoms with Crippen molar-refractivity contribution in [3.63, 3.8) is 0 Å². The van der Waals surface area contributed by atoms with Gasteiger partial charge < -0.3 is 4.74 Å². The fraction of sp³-hybridized carbons (Fsp3) is 0.308. The topological polar surface area (TPSA) is 67.8 Å². The molecule has 0 saturated carbocycles. The van der Waals surface area contributed by atoms with Crippen molar-refractivity contribution in [3.8, 4) is 0 Å². The Labute approximate surface area is 106 Å². The molecule has 96 valence electrons. The van der Waals surface area contributed by atoms with Gasteiger partial charge in [0.2, 0.25) is 0 Å². The van der Waals surface area contributed by atoms with Crippen LogP contribution in [0.2, 0.25) is 0 Å². The minimum absolute atomic E-state index is 0.0723. The van der Waals surface area contributed by atoms with E-state index in [2.05, 4.69) is 10.5 Å². The molecule has 0 spiro atoms. The van der Waals surface area contributed by atoms with Gasteiger partial charge in [0.15, 0.2) is 0 Å². The lowest BCUT2D eigenvalue weighted by atomic mass is 10.2. The van der Waals surface area contributed by atoms with Crippen molar-refractivity contribution in [2.45, 2.75) is 20.3 Å². The lowest BCUT2D eigenvalue weighted by molar-refractivity contribution is -0.141. The zero-order chi connectivity index (χ0) is 13.4. The van der Waals surface area contributed by atoms with E-state index in [-0.39, 0.29) is 18.3 Å². The second-order valence-corrected chi connectivity index (χ2v) is 3.64. The minimum atomic E-state index is -0.354. The molecule has 0 radical (unpaired) electrons. The van der Waals surface area contributed by atoms with Crippen LogP contribution in [0, 0.1) is 0 Å². The predicted molar refractivity (Wildman–Crippen MR) is 68.3 cm³/mol. The molecule has 0 aliphatic heterocycles. The number of hydrazone groups is 1. The van der Waals surface area contributed by atoms with Crippen molar-refractivity contribution >= 4 is 17.6 Å². The zero-order valence-corrected chi connectivity index (χ0v) is 10.5. The summed E-state index contributed by atoms with van der Waals surface area (Å²) in [6.07, 6.45) is 0.0723. The largest absolute Gasteiger partial charge is 0.466 e. The van der Waals surface area contributed by atoms with Crippen LogP contribution in [0.1, 0.15) is 30.6 Å². The van der Waals surface area contributed by atoms with Gasteiger partial charge in [-0.3, -0.25) is 9.59 Å². The number of nitrogens with one attached hydrogen (secondary N) is 1. The third kappa shape index (κ3) is 4.78. The molecule has 1 N–H and O–H groups in total. The molecular formula is C13H16N2O3. The molecule has 0 saturated heterocycles. The molecule has 1 aromatic rings. The molecule has 0 aliphatic rings. The van der Waals surface area contributed by atoms with Gasteiger partial charge in [0, 0.05) is 11.3 Å². The van der Waals surface area contributed by atoms with E-state index in [0.29, 0.717) is 17.9 Å². The highest BCUT2D eigenvalue weighted by atomic mass is 16.5. The number of nitrogens with zero attached hydrogens (tertiary/aromatic N) is 1. The first kappa shape index (κ1) is 13.9. The number of carbonyl (C=O) groups excluding carboxylic acids is 2. The molecule has 1 aromatic carbocycles. The molecule has 5 nitrogen and oxygen atoms in total. The Balaban J connectivity index is 2.48. The number of hydrogen-bond donors (Lipinski definition) is 1. The van der Waals surface area contributed by atoms with Crippen molar-refractivity contribution in [2.75, 3.05) is 6.61 Å². The summed E-state index contributed by atoms with van der Waals surface area (Å²) in [5.41, 5.74) is 3.40. The highest BCUT2D eigenvalue weighted by Crippen LogP contribution is 1.98. The van der Waals surface area contributed by atoms with Crippen molar-refractivity contribution < 1.29 is 14.3 Å². The average molecular weight is 248 g/mol. The molecule has 5 heteroatoms. The number of carbonyl (C=O) groups is 2. The van der Waals surface area contributed by atoms with Crippen molar-refractivity contribution in [1.82, 2.24) is 5.43 Å². The lowest BCUT2D eigenvalue weighted by Crippen LogP contribution is -2.20. The third-order valence-electron chi connectivity index (χ3n) is 2.09. The molecule has 0 bridgehead atoms.